The molecule has 0 aromatic carbocycles. The minimum atomic E-state index is -3.22. The molecule has 6 heteroatoms. The van der Waals surface area contributed by atoms with Gasteiger partial charge >= 0.3 is 0 Å². The Morgan fingerprint density at radius 2 is 2.31 bits per heavy atom. The number of H-pyrrole nitrogens is 1. The van der Waals surface area contributed by atoms with E-state index in [1.54, 1.807) is 0 Å². The van der Waals surface area contributed by atoms with Crippen LogP contribution in [0.25, 0.3) is 0 Å². The number of sulfone groups is 1. The maximum Gasteiger partial charge on any atom is 0.194 e. The Labute approximate surface area is 76.0 Å². The molecule has 0 saturated heterocycles. The first-order chi connectivity index (χ1) is 6.09. The Morgan fingerprint density at radius 3 is 3.00 bits per heavy atom. The Kier molecular flexibility index (Phi) is 1.88. The summed E-state index contributed by atoms with van der Waals surface area (Å²) in [7, 11) is -3.22. The van der Waals surface area contributed by atoms with Crippen molar-refractivity contribution in [2.24, 2.45) is 0 Å². The molecule has 1 aromatic rings. The summed E-state index contributed by atoms with van der Waals surface area (Å²) in [5, 5.41) is 6.63. The SMILES string of the molecule is CS(=O)(=O)c1n[nH]c2c1COCC2. The zero-order valence-corrected chi connectivity index (χ0v) is 8.02. The van der Waals surface area contributed by atoms with Gasteiger partial charge in [-0.15, -0.1) is 0 Å². The molecule has 1 aliphatic heterocycles. The van der Waals surface area contributed by atoms with E-state index in [0.29, 0.717) is 25.2 Å². The van der Waals surface area contributed by atoms with Gasteiger partial charge in [-0.05, 0) is 0 Å². The fourth-order valence-electron chi connectivity index (χ4n) is 1.39. The van der Waals surface area contributed by atoms with E-state index in [9.17, 15) is 8.42 Å². The lowest BCUT2D eigenvalue weighted by Gasteiger charge is -2.11. The number of rotatable bonds is 1. The Bertz CT molecular complexity index is 421. The molecule has 0 fully saturated rings. The molecule has 5 nitrogen and oxygen atoms in total. The molecule has 0 aliphatic carbocycles. The molecule has 0 radical (unpaired) electrons. The second kappa shape index (κ2) is 2.81. The maximum atomic E-state index is 11.2. The minimum absolute atomic E-state index is 0.127. The van der Waals surface area contributed by atoms with Gasteiger partial charge in [-0.1, -0.05) is 0 Å². The highest BCUT2D eigenvalue weighted by Crippen LogP contribution is 2.21. The molecule has 2 rings (SSSR count). The average molecular weight is 202 g/mol. The highest BCUT2D eigenvalue weighted by molar-refractivity contribution is 7.90. The molecule has 1 N–H and O–H groups in total. The summed E-state index contributed by atoms with van der Waals surface area (Å²) in [5.74, 6) is 0. The number of hydrogen-bond donors (Lipinski definition) is 1. The van der Waals surface area contributed by atoms with E-state index < -0.39 is 9.84 Å². The van der Waals surface area contributed by atoms with E-state index in [-0.39, 0.29) is 5.03 Å². The minimum Gasteiger partial charge on any atom is -0.376 e. The highest BCUT2D eigenvalue weighted by atomic mass is 32.2. The molecule has 2 heterocycles. The van der Waals surface area contributed by atoms with Gasteiger partial charge in [0, 0.05) is 23.9 Å². The first-order valence-electron chi connectivity index (χ1n) is 3.93. The van der Waals surface area contributed by atoms with Crippen LogP contribution in [0.15, 0.2) is 5.03 Å². The highest BCUT2D eigenvalue weighted by Gasteiger charge is 2.23. The summed E-state index contributed by atoms with van der Waals surface area (Å²) in [6, 6.07) is 0. The molecule has 13 heavy (non-hydrogen) atoms. The van der Waals surface area contributed by atoms with Crippen molar-refractivity contribution in [3.05, 3.63) is 11.3 Å². The van der Waals surface area contributed by atoms with E-state index in [0.717, 1.165) is 11.9 Å². The zero-order chi connectivity index (χ0) is 9.47. The largest absolute Gasteiger partial charge is 0.376 e. The Morgan fingerprint density at radius 1 is 1.54 bits per heavy atom. The smallest absolute Gasteiger partial charge is 0.194 e. The van der Waals surface area contributed by atoms with Crippen LogP contribution >= 0.6 is 0 Å². The maximum absolute atomic E-state index is 11.2. The van der Waals surface area contributed by atoms with Crippen molar-refractivity contribution < 1.29 is 13.2 Å². The third-order valence-electron chi connectivity index (χ3n) is 2.01. The normalized spacial score (nSPS) is 17.0. The van der Waals surface area contributed by atoms with Gasteiger partial charge in [0.15, 0.2) is 14.9 Å². The molecular weight excluding hydrogens is 192 g/mol. The summed E-state index contributed by atoms with van der Waals surface area (Å²) in [6.07, 6.45) is 1.86. The molecular formula is C7H10N2O3S. The van der Waals surface area contributed by atoms with Crippen molar-refractivity contribution in [2.45, 2.75) is 18.1 Å². The van der Waals surface area contributed by atoms with Crippen LogP contribution in [0.1, 0.15) is 11.3 Å². The molecule has 0 bridgehead atoms. The van der Waals surface area contributed by atoms with Crippen LogP contribution in [-0.4, -0.2) is 31.5 Å². The predicted molar refractivity (Wildman–Crippen MR) is 45.1 cm³/mol. The Hall–Kier alpha value is -0.880. The third-order valence-corrected chi connectivity index (χ3v) is 3.05. The number of nitrogens with one attached hydrogen (secondary N) is 1. The predicted octanol–water partition coefficient (Wildman–Crippen LogP) is -0.114. The lowest BCUT2D eigenvalue weighted by atomic mass is 10.2. The number of fused-ring (bicyclic) bond motifs is 1. The van der Waals surface area contributed by atoms with Gasteiger partial charge in [-0.2, -0.15) is 5.10 Å². The van der Waals surface area contributed by atoms with Crippen LogP contribution < -0.4 is 0 Å². The van der Waals surface area contributed by atoms with Crippen LogP contribution in [0.2, 0.25) is 0 Å². The molecule has 0 saturated carbocycles. The molecule has 0 unspecified atom stereocenters. The van der Waals surface area contributed by atoms with E-state index in [2.05, 4.69) is 10.2 Å². The lowest BCUT2D eigenvalue weighted by Crippen LogP contribution is -2.11. The van der Waals surface area contributed by atoms with Crippen LogP contribution in [0.4, 0.5) is 0 Å². The molecule has 1 aromatic heterocycles. The number of nitrogens with zero attached hydrogens (tertiary/aromatic N) is 1. The second-order valence-electron chi connectivity index (χ2n) is 3.06. The van der Waals surface area contributed by atoms with Gasteiger partial charge in [-0.25, -0.2) is 8.42 Å². The van der Waals surface area contributed by atoms with E-state index >= 15 is 0 Å². The van der Waals surface area contributed by atoms with Crippen molar-refractivity contribution in [3.63, 3.8) is 0 Å². The van der Waals surface area contributed by atoms with Gasteiger partial charge < -0.3 is 4.74 Å². The zero-order valence-electron chi connectivity index (χ0n) is 7.20. The first kappa shape index (κ1) is 8.71. The van der Waals surface area contributed by atoms with Crippen molar-refractivity contribution in [3.8, 4) is 0 Å². The van der Waals surface area contributed by atoms with Crippen LogP contribution in [-0.2, 0) is 27.6 Å². The quantitative estimate of drug-likeness (QED) is 0.689. The molecule has 0 amide bonds. The first-order valence-corrected chi connectivity index (χ1v) is 5.82. The number of hydrogen-bond acceptors (Lipinski definition) is 4. The van der Waals surface area contributed by atoms with Crippen molar-refractivity contribution in [1.29, 1.82) is 0 Å². The Balaban J connectivity index is 2.55. The van der Waals surface area contributed by atoms with Crippen molar-refractivity contribution in [2.75, 3.05) is 12.9 Å². The number of aromatic amines is 1. The lowest BCUT2D eigenvalue weighted by molar-refractivity contribution is 0.108. The number of aromatic nitrogens is 2. The average Bonchev–Trinajstić information content (AvgIpc) is 2.45. The van der Waals surface area contributed by atoms with Gasteiger partial charge in [0.1, 0.15) is 0 Å². The third kappa shape index (κ3) is 1.47. The molecule has 0 spiro atoms. The van der Waals surface area contributed by atoms with Crippen LogP contribution in [0.5, 0.6) is 0 Å². The van der Waals surface area contributed by atoms with E-state index in [4.69, 9.17) is 4.74 Å². The van der Waals surface area contributed by atoms with E-state index in [1.807, 2.05) is 0 Å². The summed E-state index contributed by atoms with van der Waals surface area (Å²) < 4.78 is 27.6. The molecule has 72 valence electrons. The van der Waals surface area contributed by atoms with Gasteiger partial charge in [-0.3, -0.25) is 5.10 Å². The van der Waals surface area contributed by atoms with Gasteiger partial charge in [0.05, 0.1) is 13.2 Å². The van der Waals surface area contributed by atoms with E-state index in [1.165, 1.54) is 0 Å². The molecule has 1 aliphatic rings. The monoisotopic (exact) mass is 202 g/mol. The summed E-state index contributed by atoms with van der Waals surface area (Å²) in [6.45, 7) is 0.965. The summed E-state index contributed by atoms with van der Waals surface area (Å²) >= 11 is 0. The van der Waals surface area contributed by atoms with Crippen LogP contribution in [0.3, 0.4) is 0 Å². The summed E-state index contributed by atoms with van der Waals surface area (Å²) in [4.78, 5) is 0. The fourth-order valence-corrected chi connectivity index (χ4v) is 2.23. The van der Waals surface area contributed by atoms with Gasteiger partial charge in [0.25, 0.3) is 0 Å². The second-order valence-corrected chi connectivity index (χ2v) is 4.99. The standard InChI is InChI=1S/C7H10N2O3S/c1-13(10,11)7-5-4-12-3-2-6(5)8-9-7/h2-4H2,1H3,(H,8,9). The van der Waals surface area contributed by atoms with Crippen molar-refractivity contribution in [1.82, 2.24) is 10.2 Å². The van der Waals surface area contributed by atoms with Gasteiger partial charge in [0.2, 0.25) is 0 Å². The van der Waals surface area contributed by atoms with Crippen LogP contribution in [0, 0.1) is 0 Å². The van der Waals surface area contributed by atoms with Crippen molar-refractivity contribution >= 4 is 9.84 Å². The number of ether oxygens (including phenoxy) is 1. The topological polar surface area (TPSA) is 72.0 Å². The molecule has 0 atom stereocenters. The fraction of sp³-hybridized carbons (Fsp3) is 0.571. The summed E-state index contributed by atoms with van der Waals surface area (Å²) in [5.41, 5.74) is 1.57.